The predicted octanol–water partition coefficient (Wildman–Crippen LogP) is 1.08. The van der Waals surface area contributed by atoms with Crippen LogP contribution < -0.4 is 16.2 Å². The summed E-state index contributed by atoms with van der Waals surface area (Å²) in [7, 11) is -9.91. The van der Waals surface area contributed by atoms with E-state index in [0.717, 1.165) is 36.4 Å². The molecule has 0 bridgehead atoms. The fourth-order valence-corrected chi connectivity index (χ4v) is 6.22. The van der Waals surface area contributed by atoms with Gasteiger partial charge in [0.1, 0.15) is 4.90 Å². The Morgan fingerprint density at radius 1 is 0.953 bits per heavy atom. The van der Waals surface area contributed by atoms with Crippen molar-refractivity contribution in [1.29, 1.82) is 5.41 Å². The van der Waals surface area contributed by atoms with Crippen LogP contribution in [0.15, 0.2) is 56.7 Å². The standard InChI is InChI=1S/C25H18N4O12S2/c26-15-5-3-12-19(13-4-6-16(27)23(43(37,38)39)21(13)40-20(12)22(15)42(28,35)36)14-9-10(1-2-11(14)24(32)33)25(34)41-29-17(30)7-8-18(29)31/h1-6,9,27H,7-8,26H2,(H,32,33)(H2,28,35,36)(H,37,38,39). The van der Waals surface area contributed by atoms with Crippen LogP contribution in [-0.2, 0) is 34.6 Å². The number of benzene rings is 3. The molecule has 2 amide bonds. The first-order valence-corrected chi connectivity index (χ1v) is 14.8. The number of anilines is 1. The zero-order valence-corrected chi connectivity index (χ0v) is 23.0. The Morgan fingerprint density at radius 3 is 2.19 bits per heavy atom. The first-order chi connectivity index (χ1) is 20.0. The monoisotopic (exact) mass is 630 g/mol. The van der Waals surface area contributed by atoms with Crippen molar-refractivity contribution in [2.24, 2.45) is 5.14 Å². The van der Waals surface area contributed by atoms with Crippen molar-refractivity contribution in [2.75, 3.05) is 5.73 Å². The quantitative estimate of drug-likeness (QED) is 0.0864. The molecule has 43 heavy (non-hydrogen) atoms. The summed E-state index contributed by atoms with van der Waals surface area (Å²) in [5, 5.41) is 22.8. The molecule has 0 aromatic heterocycles. The van der Waals surface area contributed by atoms with Crippen molar-refractivity contribution in [2.45, 2.75) is 22.6 Å². The number of hydroxylamine groups is 2. The van der Waals surface area contributed by atoms with Crippen LogP contribution in [0.5, 0.6) is 0 Å². The number of nitrogens with zero attached hydrogens (tertiary/aromatic N) is 1. The molecule has 0 radical (unpaired) electrons. The third-order valence-corrected chi connectivity index (χ3v) is 8.39. The van der Waals surface area contributed by atoms with E-state index in [2.05, 4.69) is 0 Å². The second-order valence-electron chi connectivity index (χ2n) is 9.20. The highest BCUT2D eigenvalue weighted by Gasteiger charge is 2.35. The highest BCUT2D eigenvalue weighted by molar-refractivity contribution is 7.89. The Morgan fingerprint density at radius 2 is 1.60 bits per heavy atom. The summed E-state index contributed by atoms with van der Waals surface area (Å²) in [6.07, 6.45) is -0.380. The van der Waals surface area contributed by atoms with Gasteiger partial charge < -0.3 is 20.1 Å². The minimum Gasteiger partial charge on any atom is -0.478 e. The number of nitrogen functional groups attached to an aromatic ring is 1. The number of carbonyl (C=O) groups is 4. The van der Waals surface area contributed by atoms with Gasteiger partial charge in [-0.2, -0.15) is 8.42 Å². The molecule has 0 unspecified atom stereocenters. The van der Waals surface area contributed by atoms with Crippen LogP contribution in [-0.4, -0.2) is 55.3 Å². The van der Waals surface area contributed by atoms with Gasteiger partial charge in [-0.3, -0.25) is 19.6 Å². The lowest BCUT2D eigenvalue weighted by atomic mass is 9.89. The smallest absolute Gasteiger partial charge is 0.363 e. The lowest BCUT2D eigenvalue weighted by Gasteiger charge is -2.20. The Balaban J connectivity index is 1.92. The van der Waals surface area contributed by atoms with Gasteiger partial charge in [-0.1, -0.05) is 0 Å². The lowest BCUT2D eigenvalue weighted by molar-refractivity contribution is -0.172. The summed E-state index contributed by atoms with van der Waals surface area (Å²) in [5.74, 6) is -5.10. The largest absolute Gasteiger partial charge is 0.478 e. The van der Waals surface area contributed by atoms with Gasteiger partial charge in [-0.15, -0.1) is 5.06 Å². The number of nitrogens with two attached hydrogens (primary N) is 2. The van der Waals surface area contributed by atoms with E-state index in [1.807, 2.05) is 0 Å². The highest BCUT2D eigenvalue weighted by Crippen LogP contribution is 2.45. The SMILES string of the molecule is N=c1ccc2c(-c3cc(C(=O)ON4C(=O)CCC4=O)ccc3C(=O)O)c3ccc(N)c(S(N)(=O)=O)c3oc-2c1S(=O)(=O)O. The number of imide groups is 1. The van der Waals surface area contributed by atoms with Crippen LogP contribution in [0.4, 0.5) is 5.69 Å². The molecule has 7 N–H and O–H groups in total. The maximum Gasteiger partial charge on any atom is 0.363 e. The van der Waals surface area contributed by atoms with E-state index in [4.69, 9.17) is 25.5 Å². The number of rotatable bonds is 6. The molecule has 2 aliphatic heterocycles. The molecule has 1 saturated heterocycles. The summed E-state index contributed by atoms with van der Waals surface area (Å²) in [6, 6.07) is 7.42. The number of carboxylic acids is 1. The summed E-state index contributed by atoms with van der Waals surface area (Å²) in [6.45, 7) is 0. The molecule has 1 fully saturated rings. The summed E-state index contributed by atoms with van der Waals surface area (Å²) < 4.78 is 65.4. The van der Waals surface area contributed by atoms with Gasteiger partial charge in [0, 0.05) is 29.4 Å². The molecule has 2 aromatic carbocycles. The normalized spacial score (nSPS) is 14.0. The average Bonchev–Trinajstić information content (AvgIpc) is 3.21. The van der Waals surface area contributed by atoms with Crippen LogP contribution >= 0.6 is 0 Å². The molecule has 0 spiro atoms. The van der Waals surface area contributed by atoms with Crippen molar-refractivity contribution in [1.82, 2.24) is 5.06 Å². The van der Waals surface area contributed by atoms with Crippen molar-refractivity contribution in [3.8, 4) is 22.5 Å². The van der Waals surface area contributed by atoms with Gasteiger partial charge >= 0.3 is 11.9 Å². The number of aromatic carboxylic acids is 1. The first-order valence-electron chi connectivity index (χ1n) is 11.8. The number of fused-ring (bicyclic) bond motifs is 2. The first kappa shape index (κ1) is 29.3. The van der Waals surface area contributed by atoms with Crippen molar-refractivity contribution < 1.29 is 54.9 Å². The van der Waals surface area contributed by atoms with Gasteiger partial charge in [0.05, 0.1) is 22.2 Å². The summed E-state index contributed by atoms with van der Waals surface area (Å²) in [5.41, 5.74) is 3.12. The van der Waals surface area contributed by atoms with Gasteiger partial charge in [0.15, 0.2) is 16.2 Å². The van der Waals surface area contributed by atoms with E-state index in [9.17, 15) is 45.7 Å². The Labute approximate surface area is 240 Å². The summed E-state index contributed by atoms with van der Waals surface area (Å²) in [4.78, 5) is 52.2. The Hall–Kier alpha value is -5.17. The van der Waals surface area contributed by atoms with E-state index in [-0.39, 0.29) is 45.5 Å². The molecule has 2 aromatic rings. The van der Waals surface area contributed by atoms with Crippen molar-refractivity contribution >= 4 is 60.6 Å². The fourth-order valence-electron chi connectivity index (χ4n) is 4.68. The highest BCUT2D eigenvalue weighted by atomic mass is 32.2. The molecule has 5 rings (SSSR count). The van der Waals surface area contributed by atoms with E-state index in [1.165, 1.54) is 6.07 Å². The number of carboxylic acid groups (broad SMARTS) is 1. The van der Waals surface area contributed by atoms with Gasteiger partial charge in [-0.25, -0.2) is 23.1 Å². The van der Waals surface area contributed by atoms with E-state index < -0.39 is 81.6 Å². The zero-order valence-electron chi connectivity index (χ0n) is 21.4. The van der Waals surface area contributed by atoms with Gasteiger partial charge in [0.25, 0.3) is 21.9 Å². The zero-order chi connectivity index (χ0) is 31.6. The van der Waals surface area contributed by atoms with E-state index in [0.29, 0.717) is 0 Å². The molecule has 2 heterocycles. The molecule has 0 saturated carbocycles. The van der Waals surface area contributed by atoms with E-state index in [1.54, 1.807) is 0 Å². The maximum absolute atomic E-state index is 13.0. The number of amides is 2. The van der Waals surface area contributed by atoms with Crippen molar-refractivity contribution in [3.05, 3.63) is 58.9 Å². The molecule has 222 valence electrons. The topological polar surface area (TPSA) is 279 Å². The maximum atomic E-state index is 13.0. The van der Waals surface area contributed by atoms with Gasteiger partial charge in [0.2, 0.25) is 10.0 Å². The average molecular weight is 631 g/mol. The number of nitrogens with one attached hydrogen (secondary N) is 1. The Kier molecular flexibility index (Phi) is 6.81. The van der Waals surface area contributed by atoms with E-state index >= 15 is 0 Å². The third-order valence-electron chi connectivity index (χ3n) is 6.48. The second-order valence-corrected chi connectivity index (χ2v) is 12.1. The number of sulfonamides is 1. The second kappa shape index (κ2) is 9.98. The van der Waals surface area contributed by atoms with Crippen LogP contribution in [0, 0.1) is 5.41 Å². The molecular weight excluding hydrogens is 612 g/mol. The number of primary sulfonamides is 1. The molecular formula is C25H18N4O12S2. The number of hydrogen-bond acceptors (Lipinski definition) is 12. The van der Waals surface area contributed by atoms with Crippen LogP contribution in [0.2, 0.25) is 0 Å². The number of carbonyl (C=O) groups excluding carboxylic acids is 3. The van der Waals surface area contributed by atoms with Crippen LogP contribution in [0.3, 0.4) is 0 Å². The van der Waals surface area contributed by atoms with Gasteiger partial charge in [-0.05, 0) is 48.0 Å². The molecule has 3 aliphatic rings. The fraction of sp³-hybridized carbons (Fsp3) is 0.0800. The molecule has 16 nitrogen and oxygen atoms in total. The lowest BCUT2D eigenvalue weighted by Crippen LogP contribution is -2.32. The van der Waals surface area contributed by atoms with Crippen molar-refractivity contribution in [3.63, 3.8) is 0 Å². The third kappa shape index (κ3) is 4.97. The number of hydrogen-bond donors (Lipinski definition) is 5. The Bertz CT molecular complexity index is 2170. The minimum atomic E-state index is -5.21. The minimum absolute atomic E-state index is 0.178. The molecule has 1 aliphatic carbocycles. The van der Waals surface area contributed by atoms with Crippen LogP contribution in [0.25, 0.3) is 33.4 Å². The molecule has 18 heteroatoms. The molecule has 0 atom stereocenters. The summed E-state index contributed by atoms with van der Waals surface area (Å²) >= 11 is 0. The predicted molar refractivity (Wildman–Crippen MR) is 143 cm³/mol. The van der Waals surface area contributed by atoms with Crippen LogP contribution in [0.1, 0.15) is 33.6 Å².